The summed E-state index contributed by atoms with van der Waals surface area (Å²) in [5.41, 5.74) is 7.34. The molecule has 1 aromatic heterocycles. The van der Waals surface area contributed by atoms with Crippen LogP contribution in [0.3, 0.4) is 0 Å². The average Bonchev–Trinajstić information content (AvgIpc) is 2.27. The molecular weight excluding hydrogens is 289 g/mol. The molecule has 2 rings (SSSR count). The highest BCUT2D eigenvalue weighted by atomic mass is 79.9. The van der Waals surface area contributed by atoms with Crippen LogP contribution in [0.1, 0.15) is 0 Å². The van der Waals surface area contributed by atoms with E-state index in [4.69, 9.17) is 17.3 Å². The Morgan fingerprint density at radius 2 is 2.06 bits per heavy atom. The van der Waals surface area contributed by atoms with Gasteiger partial charge in [0.15, 0.2) is 0 Å². The largest absolute Gasteiger partial charge is 0.382 e. The van der Waals surface area contributed by atoms with E-state index in [0.717, 1.165) is 15.8 Å². The summed E-state index contributed by atoms with van der Waals surface area (Å²) in [5.74, 6) is 0.453. The van der Waals surface area contributed by atoms with E-state index in [2.05, 4.69) is 26.2 Å². The minimum absolute atomic E-state index is 0.453. The Morgan fingerprint density at radius 3 is 2.81 bits per heavy atom. The maximum atomic E-state index is 5.92. The van der Waals surface area contributed by atoms with Crippen molar-refractivity contribution in [1.29, 1.82) is 0 Å². The van der Waals surface area contributed by atoms with Crippen LogP contribution in [-0.4, -0.2) is 4.98 Å². The van der Waals surface area contributed by atoms with Gasteiger partial charge in [0.2, 0.25) is 0 Å². The Morgan fingerprint density at radius 1 is 1.25 bits per heavy atom. The van der Waals surface area contributed by atoms with Crippen LogP contribution in [0.5, 0.6) is 0 Å². The molecule has 0 aliphatic rings. The molecule has 16 heavy (non-hydrogen) atoms. The van der Waals surface area contributed by atoms with Crippen molar-refractivity contribution in [2.24, 2.45) is 0 Å². The zero-order chi connectivity index (χ0) is 11.5. The number of nitrogens with zero attached hydrogens (tertiary/aromatic N) is 1. The lowest BCUT2D eigenvalue weighted by Crippen LogP contribution is -1.98. The van der Waals surface area contributed by atoms with Gasteiger partial charge in [-0.25, -0.2) is 4.98 Å². The van der Waals surface area contributed by atoms with Crippen LogP contribution in [0.2, 0.25) is 5.02 Å². The van der Waals surface area contributed by atoms with E-state index in [9.17, 15) is 0 Å². The molecule has 1 heterocycles. The molecule has 0 saturated heterocycles. The number of aromatic nitrogens is 1. The van der Waals surface area contributed by atoms with E-state index in [1.54, 1.807) is 6.20 Å². The van der Waals surface area contributed by atoms with E-state index in [1.807, 2.05) is 30.3 Å². The zero-order valence-corrected chi connectivity index (χ0v) is 10.6. The molecule has 0 bridgehead atoms. The fraction of sp³-hybridized carbons (Fsp3) is 0. The third-order valence-electron chi connectivity index (χ3n) is 2.04. The number of nitrogen functional groups attached to an aromatic ring is 1. The number of halogens is 2. The Hall–Kier alpha value is -1.26. The first kappa shape index (κ1) is 11.2. The molecule has 5 heteroatoms. The molecule has 0 spiro atoms. The minimum Gasteiger partial charge on any atom is -0.382 e. The van der Waals surface area contributed by atoms with Gasteiger partial charge in [0.05, 0.1) is 11.4 Å². The zero-order valence-electron chi connectivity index (χ0n) is 8.24. The quantitative estimate of drug-likeness (QED) is 0.886. The third kappa shape index (κ3) is 2.46. The summed E-state index contributed by atoms with van der Waals surface area (Å²) in [6.45, 7) is 0. The van der Waals surface area contributed by atoms with Crippen LogP contribution in [-0.2, 0) is 0 Å². The summed E-state index contributed by atoms with van der Waals surface area (Å²) < 4.78 is 0.917. The highest BCUT2D eigenvalue weighted by Gasteiger charge is 2.03. The lowest BCUT2D eigenvalue weighted by molar-refractivity contribution is 1.33. The van der Waals surface area contributed by atoms with Crippen LogP contribution in [0.25, 0.3) is 0 Å². The summed E-state index contributed by atoms with van der Waals surface area (Å²) >= 11 is 9.35. The van der Waals surface area contributed by atoms with E-state index >= 15 is 0 Å². The molecule has 0 aliphatic carbocycles. The van der Waals surface area contributed by atoms with Gasteiger partial charge in [0, 0.05) is 15.7 Å². The Kier molecular flexibility index (Phi) is 3.31. The number of nitrogens with two attached hydrogens (primary N) is 1. The molecule has 2 aromatic rings. The standard InChI is InChI=1S/C11H9BrClN3/c12-8-4-3-7(13)6-10(8)16-9-2-1-5-15-11(9)14/h1-6,16H,(H2,14,15). The lowest BCUT2D eigenvalue weighted by atomic mass is 10.3. The molecule has 0 radical (unpaired) electrons. The SMILES string of the molecule is Nc1ncccc1Nc1cc(Cl)ccc1Br. The van der Waals surface area contributed by atoms with Gasteiger partial charge in [-0.2, -0.15) is 0 Å². The van der Waals surface area contributed by atoms with Crippen molar-refractivity contribution in [3.05, 3.63) is 46.0 Å². The Balaban J connectivity index is 2.34. The van der Waals surface area contributed by atoms with Crippen molar-refractivity contribution >= 4 is 44.7 Å². The number of hydrogen-bond donors (Lipinski definition) is 2. The second-order valence-electron chi connectivity index (χ2n) is 3.19. The fourth-order valence-corrected chi connectivity index (χ4v) is 1.78. The van der Waals surface area contributed by atoms with Crippen molar-refractivity contribution in [3.63, 3.8) is 0 Å². The van der Waals surface area contributed by atoms with Gasteiger partial charge in [-0.05, 0) is 46.3 Å². The van der Waals surface area contributed by atoms with E-state index in [-0.39, 0.29) is 0 Å². The number of anilines is 3. The Bertz CT molecular complexity index is 516. The molecule has 3 nitrogen and oxygen atoms in total. The van der Waals surface area contributed by atoms with Gasteiger partial charge in [-0.3, -0.25) is 0 Å². The number of rotatable bonds is 2. The maximum absolute atomic E-state index is 5.92. The lowest BCUT2D eigenvalue weighted by Gasteiger charge is -2.10. The number of hydrogen-bond acceptors (Lipinski definition) is 3. The van der Waals surface area contributed by atoms with Gasteiger partial charge in [0.1, 0.15) is 5.82 Å². The van der Waals surface area contributed by atoms with E-state index < -0.39 is 0 Å². The number of pyridine rings is 1. The normalized spacial score (nSPS) is 10.1. The predicted molar refractivity (Wildman–Crippen MR) is 71.1 cm³/mol. The number of benzene rings is 1. The topological polar surface area (TPSA) is 50.9 Å². The average molecular weight is 299 g/mol. The second-order valence-corrected chi connectivity index (χ2v) is 4.48. The highest BCUT2D eigenvalue weighted by molar-refractivity contribution is 9.10. The van der Waals surface area contributed by atoms with Gasteiger partial charge < -0.3 is 11.1 Å². The van der Waals surface area contributed by atoms with Gasteiger partial charge in [-0.1, -0.05) is 11.6 Å². The molecular formula is C11H9BrClN3. The van der Waals surface area contributed by atoms with Gasteiger partial charge in [0.25, 0.3) is 0 Å². The van der Waals surface area contributed by atoms with Crippen molar-refractivity contribution in [3.8, 4) is 0 Å². The minimum atomic E-state index is 0.453. The van der Waals surface area contributed by atoms with Crippen LogP contribution < -0.4 is 11.1 Å². The van der Waals surface area contributed by atoms with Crippen molar-refractivity contribution in [1.82, 2.24) is 4.98 Å². The number of nitrogens with one attached hydrogen (secondary N) is 1. The molecule has 0 unspecified atom stereocenters. The fourth-order valence-electron chi connectivity index (χ4n) is 1.26. The van der Waals surface area contributed by atoms with Crippen LogP contribution in [0.15, 0.2) is 41.0 Å². The molecule has 0 saturated carbocycles. The van der Waals surface area contributed by atoms with E-state index in [1.165, 1.54) is 0 Å². The van der Waals surface area contributed by atoms with Gasteiger partial charge >= 0.3 is 0 Å². The van der Waals surface area contributed by atoms with Crippen LogP contribution in [0.4, 0.5) is 17.2 Å². The molecule has 0 amide bonds. The van der Waals surface area contributed by atoms with Crippen LogP contribution in [0, 0.1) is 0 Å². The van der Waals surface area contributed by atoms with Crippen molar-refractivity contribution in [2.45, 2.75) is 0 Å². The Labute approximate surface area is 107 Å². The first-order chi connectivity index (χ1) is 7.66. The van der Waals surface area contributed by atoms with Crippen LogP contribution >= 0.6 is 27.5 Å². The second kappa shape index (κ2) is 4.72. The van der Waals surface area contributed by atoms with Crippen molar-refractivity contribution < 1.29 is 0 Å². The first-order valence-corrected chi connectivity index (χ1v) is 5.76. The molecule has 0 aliphatic heterocycles. The van der Waals surface area contributed by atoms with Gasteiger partial charge in [-0.15, -0.1) is 0 Å². The monoisotopic (exact) mass is 297 g/mol. The molecule has 0 fully saturated rings. The molecule has 0 atom stereocenters. The first-order valence-electron chi connectivity index (χ1n) is 4.59. The molecule has 82 valence electrons. The highest BCUT2D eigenvalue weighted by Crippen LogP contribution is 2.30. The summed E-state index contributed by atoms with van der Waals surface area (Å²) in [6.07, 6.45) is 1.65. The molecule has 3 N–H and O–H groups in total. The summed E-state index contributed by atoms with van der Waals surface area (Å²) in [6, 6.07) is 9.17. The van der Waals surface area contributed by atoms with E-state index in [0.29, 0.717) is 10.8 Å². The predicted octanol–water partition coefficient (Wildman–Crippen LogP) is 3.82. The summed E-state index contributed by atoms with van der Waals surface area (Å²) in [5, 5.41) is 3.82. The maximum Gasteiger partial charge on any atom is 0.147 e. The summed E-state index contributed by atoms with van der Waals surface area (Å²) in [4.78, 5) is 3.99. The third-order valence-corrected chi connectivity index (χ3v) is 2.96. The smallest absolute Gasteiger partial charge is 0.147 e. The van der Waals surface area contributed by atoms with Crippen molar-refractivity contribution in [2.75, 3.05) is 11.1 Å². The summed E-state index contributed by atoms with van der Waals surface area (Å²) in [7, 11) is 0. The molecule has 1 aromatic carbocycles.